The maximum absolute atomic E-state index is 13.8. The Morgan fingerprint density at radius 2 is 1.92 bits per heavy atom. The van der Waals surface area contributed by atoms with Gasteiger partial charge < -0.3 is 35.4 Å². The molecule has 0 unspecified atom stereocenters. The fourth-order valence-corrected chi connectivity index (χ4v) is 6.66. The number of unbranched alkanes of at least 4 members (excludes halogenated alkanes) is 3. The minimum Gasteiger partial charge on any atom is -0.481 e. The van der Waals surface area contributed by atoms with Gasteiger partial charge in [-0.3, -0.25) is 14.0 Å². The Balaban J connectivity index is 1.13. The van der Waals surface area contributed by atoms with E-state index in [1.165, 1.54) is 12.1 Å². The van der Waals surface area contributed by atoms with Crippen molar-refractivity contribution in [3.05, 3.63) is 71.4 Å². The van der Waals surface area contributed by atoms with Crippen LogP contribution in [0.4, 0.5) is 21.6 Å². The zero-order valence-corrected chi connectivity index (χ0v) is 28.0. The van der Waals surface area contributed by atoms with Crippen LogP contribution in [0.15, 0.2) is 48.8 Å². The molecule has 2 aliphatic heterocycles. The molecule has 13 heteroatoms. The third-order valence-corrected chi connectivity index (χ3v) is 9.23. The first kappa shape index (κ1) is 34.3. The molecule has 0 atom stereocenters. The number of pyridine rings is 2. The number of hydrogen-bond donors (Lipinski definition) is 4. The number of aliphatic hydroxyl groups is 1. The summed E-state index contributed by atoms with van der Waals surface area (Å²) in [6.07, 6.45) is 7.99. The van der Waals surface area contributed by atoms with Crippen molar-refractivity contribution in [2.45, 2.75) is 63.6 Å². The number of carbonyl (C=O) groups is 2. The number of carbonyl (C=O) groups excluding carboxylic acids is 1. The number of benzene rings is 1. The third-order valence-electron chi connectivity index (χ3n) is 9.23. The average molecular weight is 674 g/mol. The number of carboxylic acid groups (broad SMARTS) is 1. The predicted octanol–water partition coefficient (Wildman–Crippen LogP) is 4.97. The minimum absolute atomic E-state index is 0.176. The summed E-state index contributed by atoms with van der Waals surface area (Å²) in [7, 11) is 3.99. The van der Waals surface area contributed by atoms with E-state index in [2.05, 4.69) is 25.4 Å². The summed E-state index contributed by atoms with van der Waals surface area (Å²) in [5.74, 6) is -0.680. The molecule has 1 amide bonds. The van der Waals surface area contributed by atoms with E-state index in [9.17, 15) is 19.1 Å². The van der Waals surface area contributed by atoms with Gasteiger partial charge >= 0.3 is 5.97 Å². The van der Waals surface area contributed by atoms with E-state index < -0.39 is 11.6 Å². The summed E-state index contributed by atoms with van der Waals surface area (Å²) in [5, 5.41) is 26.3. The van der Waals surface area contributed by atoms with Gasteiger partial charge in [0.25, 0.3) is 5.91 Å². The Morgan fingerprint density at radius 1 is 1.12 bits per heavy atom. The molecule has 2 aliphatic rings. The van der Waals surface area contributed by atoms with Gasteiger partial charge in [0, 0.05) is 57.0 Å². The quantitative estimate of drug-likeness (QED) is 0.128. The molecule has 49 heavy (non-hydrogen) atoms. The van der Waals surface area contributed by atoms with Crippen LogP contribution in [0.5, 0.6) is 0 Å². The maximum Gasteiger partial charge on any atom is 0.303 e. The average Bonchev–Trinajstić information content (AvgIpc) is 3.66. The first-order valence-corrected chi connectivity index (χ1v) is 16.9. The van der Waals surface area contributed by atoms with Crippen molar-refractivity contribution >= 4 is 34.7 Å². The summed E-state index contributed by atoms with van der Waals surface area (Å²) in [6.45, 7) is 3.14. The van der Waals surface area contributed by atoms with Crippen LogP contribution in [0.25, 0.3) is 16.9 Å². The van der Waals surface area contributed by atoms with Crippen molar-refractivity contribution in [1.82, 2.24) is 24.6 Å². The highest BCUT2D eigenvalue weighted by Gasteiger charge is 2.34. The molecule has 260 valence electrons. The SMILES string of the molecule is CN(C)Cc1nc(Nc2ccc(-c3cnc4cc(F)ccn34)c3c2C(=O)NC3)ccc1N1CCC(O)(COCCCCCCC(=O)O)CC1. The molecule has 0 aliphatic carbocycles. The van der Waals surface area contributed by atoms with Crippen molar-refractivity contribution in [1.29, 1.82) is 0 Å². The van der Waals surface area contributed by atoms with Gasteiger partial charge in [-0.1, -0.05) is 18.9 Å². The zero-order valence-electron chi connectivity index (χ0n) is 28.0. The number of ether oxygens (including phenoxy) is 1. The summed E-state index contributed by atoms with van der Waals surface area (Å²) in [6, 6.07) is 10.5. The molecule has 6 rings (SSSR count). The van der Waals surface area contributed by atoms with Crippen molar-refractivity contribution < 1.29 is 28.9 Å². The van der Waals surface area contributed by atoms with E-state index in [0.717, 1.165) is 47.5 Å². The van der Waals surface area contributed by atoms with Gasteiger partial charge in [0.15, 0.2) is 0 Å². The Hall–Kier alpha value is -4.59. The lowest BCUT2D eigenvalue weighted by atomic mass is 9.92. The Morgan fingerprint density at radius 3 is 2.69 bits per heavy atom. The van der Waals surface area contributed by atoms with Crippen molar-refractivity contribution in [2.24, 2.45) is 0 Å². The number of halogens is 1. The molecule has 4 N–H and O–H groups in total. The number of aromatic nitrogens is 3. The fourth-order valence-electron chi connectivity index (χ4n) is 6.66. The van der Waals surface area contributed by atoms with E-state index in [0.29, 0.717) is 74.8 Å². The molecule has 1 aromatic carbocycles. The van der Waals surface area contributed by atoms with Crippen LogP contribution in [0.2, 0.25) is 0 Å². The standard InChI is InChI=1S/C36H44FN7O5/c1-42(2)22-28-29(43-16-13-36(48,14-17-43)23-49-18-6-4-3-5-7-33(45)46)10-11-31(41-28)40-27-9-8-25(26-20-39-35(47)34(26)27)30-21-38-32-19-24(37)12-15-44(30)32/h8-12,15,19,21,48H,3-7,13-14,16-18,20,22-23H2,1-2H3,(H,39,47)(H,40,41)(H,45,46). The van der Waals surface area contributed by atoms with Crippen LogP contribution >= 0.6 is 0 Å². The maximum atomic E-state index is 13.8. The summed E-state index contributed by atoms with van der Waals surface area (Å²) in [4.78, 5) is 37.4. The van der Waals surface area contributed by atoms with Crippen LogP contribution < -0.4 is 15.5 Å². The van der Waals surface area contributed by atoms with E-state index in [1.54, 1.807) is 12.4 Å². The lowest BCUT2D eigenvalue weighted by Crippen LogP contribution is -2.47. The van der Waals surface area contributed by atoms with Gasteiger partial charge in [-0.05, 0) is 69.6 Å². The molecular weight excluding hydrogens is 629 g/mol. The van der Waals surface area contributed by atoms with Crippen molar-refractivity contribution in [3.8, 4) is 11.3 Å². The number of amides is 1. The molecule has 4 aromatic rings. The topological polar surface area (TPSA) is 145 Å². The van der Waals surface area contributed by atoms with Crippen LogP contribution in [-0.2, 0) is 22.6 Å². The van der Waals surface area contributed by atoms with Gasteiger partial charge in [0.05, 0.1) is 46.7 Å². The zero-order chi connectivity index (χ0) is 34.5. The van der Waals surface area contributed by atoms with Gasteiger partial charge in [-0.15, -0.1) is 0 Å². The number of piperidine rings is 1. The molecular formula is C36H44FN7O5. The van der Waals surface area contributed by atoms with Gasteiger partial charge in [0.2, 0.25) is 0 Å². The molecule has 1 fully saturated rings. The van der Waals surface area contributed by atoms with Gasteiger partial charge in [-0.2, -0.15) is 0 Å². The number of nitrogens with zero attached hydrogens (tertiary/aromatic N) is 5. The smallest absolute Gasteiger partial charge is 0.303 e. The summed E-state index contributed by atoms with van der Waals surface area (Å²) in [5.41, 5.74) is 5.15. The molecule has 3 aromatic heterocycles. The Bertz CT molecular complexity index is 1820. The fraction of sp³-hybridized carbons (Fsp3) is 0.444. The Kier molecular flexibility index (Phi) is 10.4. The second-order valence-electron chi connectivity index (χ2n) is 13.3. The summed E-state index contributed by atoms with van der Waals surface area (Å²) < 4.78 is 21.4. The van der Waals surface area contributed by atoms with Crippen molar-refractivity contribution in [2.75, 3.05) is 50.6 Å². The van der Waals surface area contributed by atoms with Gasteiger partial charge in [0.1, 0.15) is 17.3 Å². The van der Waals surface area contributed by atoms with Gasteiger partial charge in [-0.25, -0.2) is 14.4 Å². The second kappa shape index (κ2) is 14.9. The van der Waals surface area contributed by atoms with Crippen LogP contribution in [0.3, 0.4) is 0 Å². The molecule has 0 radical (unpaired) electrons. The first-order chi connectivity index (χ1) is 23.6. The molecule has 0 spiro atoms. The number of fused-ring (bicyclic) bond motifs is 2. The van der Waals surface area contributed by atoms with Crippen molar-refractivity contribution in [3.63, 3.8) is 0 Å². The number of nitrogens with one attached hydrogen (secondary N) is 2. The number of aliphatic carboxylic acids is 1. The van der Waals surface area contributed by atoms with E-state index >= 15 is 0 Å². The van der Waals surface area contributed by atoms with Crippen LogP contribution in [-0.4, -0.2) is 87.4 Å². The monoisotopic (exact) mass is 673 g/mol. The largest absolute Gasteiger partial charge is 0.481 e. The lowest BCUT2D eigenvalue weighted by molar-refractivity contribution is -0.137. The summed E-state index contributed by atoms with van der Waals surface area (Å²) >= 11 is 0. The normalized spacial score (nSPS) is 15.5. The molecule has 12 nitrogen and oxygen atoms in total. The highest BCUT2D eigenvalue weighted by Crippen LogP contribution is 2.36. The first-order valence-electron chi connectivity index (χ1n) is 16.9. The van der Waals surface area contributed by atoms with E-state index in [1.807, 2.05) is 42.8 Å². The molecule has 1 saturated heterocycles. The number of hydrogen-bond acceptors (Lipinski definition) is 9. The number of anilines is 3. The lowest BCUT2D eigenvalue weighted by Gasteiger charge is -2.39. The Labute approximate surface area is 284 Å². The molecule has 5 heterocycles. The van der Waals surface area contributed by atoms with Crippen LogP contribution in [0.1, 0.15) is 66.6 Å². The van der Waals surface area contributed by atoms with E-state index in [-0.39, 0.29) is 24.8 Å². The predicted molar refractivity (Wildman–Crippen MR) is 185 cm³/mol. The van der Waals surface area contributed by atoms with E-state index in [4.69, 9.17) is 14.8 Å². The second-order valence-corrected chi connectivity index (χ2v) is 13.3. The van der Waals surface area contributed by atoms with Crippen LogP contribution in [0, 0.1) is 5.82 Å². The molecule has 0 bridgehead atoms. The highest BCUT2D eigenvalue weighted by molar-refractivity contribution is 6.06. The third kappa shape index (κ3) is 8.01. The number of carboxylic acids is 1. The number of imidazole rings is 1. The highest BCUT2D eigenvalue weighted by atomic mass is 19.1. The number of rotatable bonds is 15. The molecule has 0 saturated carbocycles. The minimum atomic E-state index is -0.886.